The summed E-state index contributed by atoms with van der Waals surface area (Å²) >= 11 is 0. The first-order valence-corrected chi connectivity index (χ1v) is 7.61. The van der Waals surface area contributed by atoms with Crippen molar-refractivity contribution < 1.29 is 4.79 Å². The van der Waals surface area contributed by atoms with Gasteiger partial charge in [-0.05, 0) is 18.8 Å². The Morgan fingerprint density at radius 2 is 2.00 bits per heavy atom. The van der Waals surface area contributed by atoms with Crippen LogP contribution >= 0.6 is 0 Å². The molecule has 114 valence electrons. The van der Waals surface area contributed by atoms with Gasteiger partial charge in [-0.25, -0.2) is 4.98 Å². The quantitative estimate of drug-likeness (QED) is 0.940. The summed E-state index contributed by atoms with van der Waals surface area (Å²) < 4.78 is 1.72. The van der Waals surface area contributed by atoms with Gasteiger partial charge in [0.05, 0.1) is 11.9 Å². The Kier molecular flexibility index (Phi) is 4.32. The van der Waals surface area contributed by atoms with Crippen LogP contribution in [0.2, 0.25) is 0 Å². The lowest BCUT2D eigenvalue weighted by Crippen LogP contribution is -2.24. The maximum atomic E-state index is 12.0. The average molecular weight is 297 g/mol. The van der Waals surface area contributed by atoms with Crippen LogP contribution in [0.25, 0.3) is 11.3 Å². The van der Waals surface area contributed by atoms with E-state index in [1.165, 1.54) is 6.20 Å². The minimum absolute atomic E-state index is 0.0942. The molecule has 1 amide bonds. The molecular weight excluding hydrogens is 278 g/mol. The molecule has 0 radical (unpaired) electrons. The lowest BCUT2D eigenvalue weighted by molar-refractivity contribution is -0.120. The molecule has 0 aliphatic carbocycles. The van der Waals surface area contributed by atoms with Crippen LogP contribution in [0.15, 0.2) is 47.5 Å². The second kappa shape index (κ2) is 6.56. The van der Waals surface area contributed by atoms with E-state index in [1.54, 1.807) is 4.57 Å². The van der Waals surface area contributed by atoms with Crippen LogP contribution in [-0.2, 0) is 11.3 Å². The highest BCUT2D eigenvalue weighted by Crippen LogP contribution is 2.18. The van der Waals surface area contributed by atoms with Crippen molar-refractivity contribution in [3.63, 3.8) is 0 Å². The zero-order valence-corrected chi connectivity index (χ0v) is 12.4. The average Bonchev–Trinajstić information content (AvgIpc) is 2.75. The Hall–Kier alpha value is -2.43. The molecule has 1 saturated heterocycles. The predicted octanol–water partition coefficient (Wildman–Crippen LogP) is 1.83. The monoisotopic (exact) mass is 297 g/mol. The number of hydrogen-bond acceptors (Lipinski definition) is 3. The van der Waals surface area contributed by atoms with Crippen LogP contribution in [0.3, 0.4) is 0 Å². The lowest BCUT2D eigenvalue weighted by atomic mass is 10.0. The number of benzene rings is 1. The zero-order chi connectivity index (χ0) is 15.4. The molecule has 1 aromatic heterocycles. The van der Waals surface area contributed by atoms with E-state index in [1.807, 2.05) is 36.5 Å². The Morgan fingerprint density at radius 3 is 2.82 bits per heavy atom. The van der Waals surface area contributed by atoms with E-state index in [0.29, 0.717) is 25.4 Å². The van der Waals surface area contributed by atoms with Crippen molar-refractivity contribution >= 4 is 5.91 Å². The third-order valence-electron chi connectivity index (χ3n) is 4.05. The second-order valence-electron chi connectivity index (χ2n) is 5.67. The van der Waals surface area contributed by atoms with Gasteiger partial charge in [0.1, 0.15) is 0 Å². The Morgan fingerprint density at radius 1 is 1.18 bits per heavy atom. The molecule has 1 aliphatic heterocycles. The standard InChI is InChI=1S/C17H19N3O2/c21-16-7-6-13(8-9-18-16)11-20-12-15(19-10-17(20)22)14-4-2-1-3-5-14/h1-5,10,12-13H,6-9,11H2,(H,18,21)/t13-/m0/s1. The number of carbonyl (C=O) groups excluding carboxylic acids is 1. The maximum Gasteiger partial charge on any atom is 0.269 e. The van der Waals surface area contributed by atoms with Crippen molar-refractivity contribution in [1.82, 2.24) is 14.9 Å². The van der Waals surface area contributed by atoms with E-state index in [9.17, 15) is 9.59 Å². The van der Waals surface area contributed by atoms with Crippen molar-refractivity contribution in [3.8, 4) is 11.3 Å². The molecule has 2 aromatic rings. The molecule has 5 heteroatoms. The largest absolute Gasteiger partial charge is 0.356 e. The van der Waals surface area contributed by atoms with E-state index in [-0.39, 0.29) is 11.5 Å². The third-order valence-corrected chi connectivity index (χ3v) is 4.05. The van der Waals surface area contributed by atoms with Crippen LogP contribution in [0.4, 0.5) is 0 Å². The zero-order valence-electron chi connectivity index (χ0n) is 12.4. The SMILES string of the molecule is O=C1CC[C@H](Cn2cc(-c3ccccc3)ncc2=O)CCN1. The molecule has 1 aromatic carbocycles. The van der Waals surface area contributed by atoms with Crippen molar-refractivity contribution in [1.29, 1.82) is 0 Å². The number of nitrogens with one attached hydrogen (secondary N) is 1. The third kappa shape index (κ3) is 3.42. The second-order valence-corrected chi connectivity index (χ2v) is 5.67. The molecule has 0 unspecified atom stereocenters. The fraction of sp³-hybridized carbons (Fsp3) is 0.353. The van der Waals surface area contributed by atoms with Gasteiger partial charge in [0.2, 0.25) is 5.91 Å². The summed E-state index contributed by atoms with van der Waals surface area (Å²) in [5.41, 5.74) is 1.69. The molecule has 5 nitrogen and oxygen atoms in total. The fourth-order valence-electron chi connectivity index (χ4n) is 2.79. The molecule has 1 N–H and O–H groups in total. The molecule has 1 atom stereocenters. The van der Waals surface area contributed by atoms with Gasteiger partial charge < -0.3 is 9.88 Å². The summed E-state index contributed by atoms with van der Waals surface area (Å²) in [6, 6.07) is 9.82. The maximum absolute atomic E-state index is 12.0. The first-order valence-electron chi connectivity index (χ1n) is 7.61. The normalized spacial score (nSPS) is 18.5. The number of hydrogen-bond donors (Lipinski definition) is 1. The number of nitrogens with zero attached hydrogens (tertiary/aromatic N) is 2. The van der Waals surface area contributed by atoms with Crippen LogP contribution in [-0.4, -0.2) is 22.0 Å². The first kappa shape index (κ1) is 14.5. The van der Waals surface area contributed by atoms with Gasteiger partial charge in [0.25, 0.3) is 5.56 Å². The van der Waals surface area contributed by atoms with Gasteiger partial charge >= 0.3 is 0 Å². The van der Waals surface area contributed by atoms with E-state index < -0.39 is 0 Å². The van der Waals surface area contributed by atoms with Gasteiger partial charge in [0.15, 0.2) is 0 Å². The molecule has 3 rings (SSSR count). The highest BCUT2D eigenvalue weighted by molar-refractivity contribution is 5.76. The molecular formula is C17H19N3O2. The van der Waals surface area contributed by atoms with Crippen LogP contribution in [0, 0.1) is 5.92 Å². The number of rotatable bonds is 3. The van der Waals surface area contributed by atoms with E-state index in [4.69, 9.17) is 0 Å². The number of amides is 1. The molecule has 0 spiro atoms. The Bertz CT molecular complexity index is 709. The summed E-state index contributed by atoms with van der Waals surface area (Å²) in [7, 11) is 0. The van der Waals surface area contributed by atoms with E-state index in [2.05, 4.69) is 10.3 Å². The Balaban J connectivity index is 1.81. The molecule has 0 bridgehead atoms. The lowest BCUT2D eigenvalue weighted by Gasteiger charge is -2.15. The van der Waals surface area contributed by atoms with Crippen LogP contribution < -0.4 is 10.9 Å². The van der Waals surface area contributed by atoms with E-state index in [0.717, 1.165) is 24.1 Å². The summed E-state index contributed by atoms with van der Waals surface area (Å²) in [5, 5.41) is 2.87. The molecule has 22 heavy (non-hydrogen) atoms. The van der Waals surface area contributed by atoms with E-state index >= 15 is 0 Å². The topological polar surface area (TPSA) is 64.0 Å². The summed E-state index contributed by atoms with van der Waals surface area (Å²) in [6.45, 7) is 1.32. The first-order chi connectivity index (χ1) is 10.7. The predicted molar refractivity (Wildman–Crippen MR) is 84.3 cm³/mol. The summed E-state index contributed by atoms with van der Waals surface area (Å²) in [4.78, 5) is 27.7. The minimum Gasteiger partial charge on any atom is -0.356 e. The fourth-order valence-corrected chi connectivity index (χ4v) is 2.79. The molecule has 0 saturated carbocycles. The molecule has 1 fully saturated rings. The van der Waals surface area contributed by atoms with Gasteiger partial charge in [-0.3, -0.25) is 9.59 Å². The van der Waals surface area contributed by atoms with Gasteiger partial charge in [-0.2, -0.15) is 0 Å². The highest BCUT2D eigenvalue weighted by atomic mass is 16.1. The smallest absolute Gasteiger partial charge is 0.269 e. The highest BCUT2D eigenvalue weighted by Gasteiger charge is 2.17. The van der Waals surface area contributed by atoms with Crippen molar-refractivity contribution in [3.05, 3.63) is 53.1 Å². The van der Waals surface area contributed by atoms with Gasteiger partial charge in [0, 0.05) is 31.3 Å². The number of carbonyl (C=O) groups is 1. The van der Waals surface area contributed by atoms with Crippen LogP contribution in [0.1, 0.15) is 19.3 Å². The van der Waals surface area contributed by atoms with Crippen molar-refractivity contribution in [2.75, 3.05) is 6.54 Å². The number of aromatic nitrogens is 2. The summed E-state index contributed by atoms with van der Waals surface area (Å²) in [5.74, 6) is 0.442. The van der Waals surface area contributed by atoms with Crippen molar-refractivity contribution in [2.45, 2.75) is 25.8 Å². The van der Waals surface area contributed by atoms with Gasteiger partial charge in [-0.15, -0.1) is 0 Å². The Labute approximate surface area is 129 Å². The molecule has 2 heterocycles. The van der Waals surface area contributed by atoms with Crippen molar-refractivity contribution in [2.24, 2.45) is 5.92 Å². The molecule has 1 aliphatic rings. The summed E-state index contributed by atoms with van der Waals surface area (Å²) in [6.07, 6.45) is 5.46. The van der Waals surface area contributed by atoms with Crippen LogP contribution in [0.5, 0.6) is 0 Å². The van der Waals surface area contributed by atoms with Gasteiger partial charge in [-0.1, -0.05) is 30.3 Å². The minimum atomic E-state index is -0.0942.